The first-order valence-corrected chi connectivity index (χ1v) is 5.60. The Bertz CT molecular complexity index is 478. The molecule has 0 aliphatic rings. The van der Waals surface area contributed by atoms with Crippen LogP contribution in [0.25, 0.3) is 10.1 Å². The minimum Gasteiger partial charge on any atom is -0.398 e. The molecule has 0 saturated heterocycles. The fraction of sp³-hybridized carbons (Fsp3) is 0. The van der Waals surface area contributed by atoms with Crippen molar-refractivity contribution < 1.29 is 4.79 Å². The Labute approximate surface area is 92.9 Å². The molecule has 2 rings (SSSR count). The maximum Gasteiger partial charge on any atom is 0.153 e. The highest BCUT2D eigenvalue weighted by Crippen LogP contribution is 2.31. The van der Waals surface area contributed by atoms with Crippen LogP contribution in [0.3, 0.4) is 0 Å². The van der Waals surface area contributed by atoms with Gasteiger partial charge in [0, 0.05) is 13.7 Å². The molecule has 0 unspecified atom stereocenters. The lowest BCUT2D eigenvalue weighted by molar-refractivity contribution is 0.112. The molecular weight excluding hydrogens is 297 g/mol. The second-order valence-electron chi connectivity index (χ2n) is 2.64. The quantitative estimate of drug-likeness (QED) is 0.500. The summed E-state index contributed by atoms with van der Waals surface area (Å²) < 4.78 is 2.05. The molecule has 1 heterocycles. The van der Waals surface area contributed by atoms with E-state index in [4.69, 9.17) is 5.73 Å². The molecule has 0 radical (unpaired) electrons. The van der Waals surface area contributed by atoms with E-state index < -0.39 is 0 Å². The summed E-state index contributed by atoms with van der Waals surface area (Å²) in [7, 11) is 0. The van der Waals surface area contributed by atoms with Crippen molar-refractivity contribution in [2.75, 3.05) is 5.73 Å². The first-order chi connectivity index (χ1) is 6.24. The van der Waals surface area contributed by atoms with Gasteiger partial charge in [0.15, 0.2) is 6.29 Å². The smallest absolute Gasteiger partial charge is 0.153 e. The van der Waals surface area contributed by atoms with Gasteiger partial charge in [0.05, 0.1) is 11.3 Å². The van der Waals surface area contributed by atoms with Crippen molar-refractivity contribution in [2.24, 2.45) is 0 Å². The number of aldehydes is 1. The summed E-state index contributed by atoms with van der Waals surface area (Å²) >= 11 is 3.76. The summed E-state index contributed by atoms with van der Waals surface area (Å²) in [5.41, 5.74) is 7.04. The fourth-order valence-corrected chi connectivity index (χ4v) is 3.02. The lowest BCUT2D eigenvalue weighted by Crippen LogP contribution is -1.95. The van der Waals surface area contributed by atoms with Crippen LogP contribution < -0.4 is 5.73 Å². The Hall–Kier alpha value is -0.620. The molecule has 0 aliphatic heterocycles. The first-order valence-electron chi connectivity index (χ1n) is 3.64. The zero-order valence-corrected chi connectivity index (χ0v) is 9.56. The number of thiophene rings is 1. The highest BCUT2D eigenvalue weighted by molar-refractivity contribution is 14.1. The predicted octanol–water partition coefficient (Wildman–Crippen LogP) is 2.90. The molecule has 2 nitrogen and oxygen atoms in total. The number of anilines is 1. The van der Waals surface area contributed by atoms with Crippen LogP contribution in [0.2, 0.25) is 0 Å². The van der Waals surface area contributed by atoms with Gasteiger partial charge in [-0.1, -0.05) is 0 Å². The molecule has 66 valence electrons. The third-order valence-corrected chi connectivity index (χ3v) is 3.66. The molecule has 0 spiro atoms. The van der Waals surface area contributed by atoms with Crippen molar-refractivity contribution in [3.63, 3.8) is 0 Å². The molecule has 2 aromatic rings. The first kappa shape index (κ1) is 8.96. The van der Waals surface area contributed by atoms with Crippen molar-refractivity contribution in [2.45, 2.75) is 0 Å². The Morgan fingerprint density at radius 1 is 1.54 bits per heavy atom. The zero-order valence-electron chi connectivity index (χ0n) is 6.58. The third kappa shape index (κ3) is 1.34. The van der Waals surface area contributed by atoms with Crippen LogP contribution >= 0.6 is 33.9 Å². The Kier molecular flexibility index (Phi) is 2.25. The van der Waals surface area contributed by atoms with Gasteiger partial charge in [-0.2, -0.15) is 0 Å². The summed E-state index contributed by atoms with van der Waals surface area (Å²) in [5, 5.41) is 2.96. The van der Waals surface area contributed by atoms with Crippen LogP contribution in [0.1, 0.15) is 10.4 Å². The van der Waals surface area contributed by atoms with Gasteiger partial charge in [-0.05, 0) is 40.1 Å². The molecule has 0 aliphatic carbocycles. The fourth-order valence-electron chi connectivity index (χ4n) is 1.24. The number of hydrogen-bond donors (Lipinski definition) is 1. The average Bonchev–Trinajstić information content (AvgIpc) is 2.53. The van der Waals surface area contributed by atoms with Crippen molar-refractivity contribution in [1.82, 2.24) is 0 Å². The van der Waals surface area contributed by atoms with E-state index in [9.17, 15) is 4.79 Å². The average molecular weight is 303 g/mol. The predicted molar refractivity (Wildman–Crippen MR) is 64.3 cm³/mol. The van der Waals surface area contributed by atoms with E-state index in [2.05, 4.69) is 22.6 Å². The van der Waals surface area contributed by atoms with Gasteiger partial charge in [0.1, 0.15) is 0 Å². The molecule has 2 N–H and O–H groups in total. The van der Waals surface area contributed by atoms with E-state index in [0.29, 0.717) is 11.3 Å². The van der Waals surface area contributed by atoms with E-state index in [0.717, 1.165) is 19.9 Å². The van der Waals surface area contributed by atoms with Crippen LogP contribution in [0.4, 0.5) is 5.69 Å². The molecule has 1 aromatic heterocycles. The molecule has 1 aromatic carbocycles. The molecule has 0 fully saturated rings. The summed E-state index contributed by atoms with van der Waals surface area (Å²) in [4.78, 5) is 10.7. The molecule has 4 heteroatoms. The van der Waals surface area contributed by atoms with Crippen molar-refractivity contribution in [1.29, 1.82) is 0 Å². The van der Waals surface area contributed by atoms with Crippen LogP contribution in [0.15, 0.2) is 17.5 Å². The number of hydrogen-bond acceptors (Lipinski definition) is 3. The summed E-state index contributed by atoms with van der Waals surface area (Å²) in [6, 6.07) is 3.93. The Balaban J connectivity index is 2.92. The Morgan fingerprint density at radius 2 is 2.31 bits per heavy atom. The largest absolute Gasteiger partial charge is 0.398 e. The summed E-state index contributed by atoms with van der Waals surface area (Å²) in [6.45, 7) is 0. The summed E-state index contributed by atoms with van der Waals surface area (Å²) in [5.74, 6) is 0. The number of benzene rings is 1. The van der Waals surface area contributed by atoms with Crippen LogP contribution in [0.5, 0.6) is 0 Å². The molecule has 0 saturated carbocycles. The monoisotopic (exact) mass is 303 g/mol. The zero-order chi connectivity index (χ0) is 9.42. The number of halogens is 1. The topological polar surface area (TPSA) is 43.1 Å². The third-order valence-electron chi connectivity index (χ3n) is 1.91. The van der Waals surface area contributed by atoms with Gasteiger partial charge in [-0.15, -0.1) is 11.3 Å². The maximum absolute atomic E-state index is 10.7. The molecule has 0 amide bonds. The van der Waals surface area contributed by atoms with Gasteiger partial charge in [-0.3, -0.25) is 4.79 Å². The minimum atomic E-state index is 0.596. The van der Waals surface area contributed by atoms with E-state index in [-0.39, 0.29) is 0 Å². The standard InChI is InChI=1S/C9H6INOS/c10-7-3-8-5(1-2-13-8)9(11)6(7)4-12/h1-4H,11H2. The van der Waals surface area contributed by atoms with Crippen molar-refractivity contribution >= 4 is 56.0 Å². The van der Waals surface area contributed by atoms with Crippen LogP contribution in [-0.2, 0) is 0 Å². The number of carbonyl (C=O) groups excluding carboxylic acids is 1. The Morgan fingerprint density at radius 3 is 3.00 bits per heavy atom. The molecule has 13 heavy (non-hydrogen) atoms. The lowest BCUT2D eigenvalue weighted by atomic mass is 10.1. The van der Waals surface area contributed by atoms with E-state index in [1.54, 1.807) is 11.3 Å². The number of nitrogen functional groups attached to an aromatic ring is 1. The number of fused-ring (bicyclic) bond motifs is 1. The van der Waals surface area contributed by atoms with Crippen LogP contribution in [-0.4, -0.2) is 6.29 Å². The number of rotatable bonds is 1. The highest BCUT2D eigenvalue weighted by Gasteiger charge is 2.08. The minimum absolute atomic E-state index is 0.596. The van der Waals surface area contributed by atoms with E-state index in [1.165, 1.54) is 0 Å². The highest BCUT2D eigenvalue weighted by atomic mass is 127. The van der Waals surface area contributed by atoms with Crippen molar-refractivity contribution in [3.8, 4) is 0 Å². The normalized spacial score (nSPS) is 10.5. The molecule has 0 atom stereocenters. The lowest BCUT2D eigenvalue weighted by Gasteiger charge is -2.02. The second kappa shape index (κ2) is 3.26. The number of carbonyl (C=O) groups is 1. The van der Waals surface area contributed by atoms with Gasteiger partial charge in [0.2, 0.25) is 0 Å². The SMILES string of the molecule is Nc1c(C=O)c(I)cc2sccc12. The second-order valence-corrected chi connectivity index (χ2v) is 4.75. The summed E-state index contributed by atoms with van der Waals surface area (Å²) in [6.07, 6.45) is 0.814. The van der Waals surface area contributed by atoms with E-state index >= 15 is 0 Å². The molecule has 0 bridgehead atoms. The van der Waals surface area contributed by atoms with Gasteiger partial charge in [-0.25, -0.2) is 0 Å². The van der Waals surface area contributed by atoms with Gasteiger partial charge in [0.25, 0.3) is 0 Å². The maximum atomic E-state index is 10.7. The molecular formula is C9H6INOS. The van der Waals surface area contributed by atoms with Crippen molar-refractivity contribution in [3.05, 3.63) is 26.6 Å². The van der Waals surface area contributed by atoms with Gasteiger partial charge >= 0.3 is 0 Å². The van der Waals surface area contributed by atoms with Crippen LogP contribution in [0, 0.1) is 3.57 Å². The van der Waals surface area contributed by atoms with E-state index in [1.807, 2.05) is 17.5 Å². The number of nitrogens with two attached hydrogens (primary N) is 1. The van der Waals surface area contributed by atoms with Gasteiger partial charge < -0.3 is 5.73 Å².